The predicted octanol–water partition coefficient (Wildman–Crippen LogP) is 1.86. The minimum atomic E-state index is 0.457. The van der Waals surface area contributed by atoms with Crippen molar-refractivity contribution in [1.82, 2.24) is 9.55 Å². The maximum Gasteiger partial charge on any atom is 0.153 e. The van der Waals surface area contributed by atoms with Gasteiger partial charge in [-0.3, -0.25) is 4.79 Å². The molecule has 0 aliphatic heterocycles. The molecule has 0 saturated heterocycles. The van der Waals surface area contributed by atoms with Crippen molar-refractivity contribution in [3.05, 3.63) is 42.0 Å². The van der Waals surface area contributed by atoms with Gasteiger partial charge in [0.2, 0.25) is 0 Å². The van der Waals surface area contributed by atoms with Crippen LogP contribution < -0.4 is 9.47 Å². The van der Waals surface area contributed by atoms with Gasteiger partial charge in [0.25, 0.3) is 0 Å². The van der Waals surface area contributed by atoms with Gasteiger partial charge in [0.05, 0.1) is 19.3 Å². The van der Waals surface area contributed by atoms with Gasteiger partial charge in [-0.2, -0.15) is 0 Å². The second-order valence-corrected chi connectivity index (χ2v) is 4.07. The van der Waals surface area contributed by atoms with E-state index in [0.717, 1.165) is 12.1 Å². The summed E-state index contributed by atoms with van der Waals surface area (Å²) in [7, 11) is 3.51. The summed E-state index contributed by atoms with van der Waals surface area (Å²) in [6.45, 7) is 0.457. The molecule has 0 aliphatic rings. The molecule has 0 amide bonds. The van der Waals surface area contributed by atoms with E-state index in [4.69, 9.17) is 9.47 Å². The Kier molecular flexibility index (Phi) is 4.18. The standard InChI is InChI=1S/C14H16N2O3/c1-16-7-6-15-14(16)5-8-19-13-9-12(18-2)4-3-11(13)10-17/h3-4,6-7,9-10H,5,8H2,1-2H3. The van der Waals surface area contributed by atoms with Crippen LogP contribution in [0.25, 0.3) is 0 Å². The molecule has 0 N–H and O–H groups in total. The number of aromatic nitrogens is 2. The number of nitrogens with zero attached hydrogens (tertiary/aromatic N) is 2. The number of carbonyl (C=O) groups excluding carboxylic acids is 1. The van der Waals surface area contributed by atoms with Crippen molar-refractivity contribution in [2.45, 2.75) is 6.42 Å². The van der Waals surface area contributed by atoms with E-state index in [1.807, 2.05) is 17.8 Å². The summed E-state index contributed by atoms with van der Waals surface area (Å²) in [4.78, 5) is 15.1. The third kappa shape index (κ3) is 3.13. The van der Waals surface area contributed by atoms with Crippen molar-refractivity contribution in [2.24, 2.45) is 7.05 Å². The lowest BCUT2D eigenvalue weighted by atomic mass is 10.2. The first-order valence-electron chi connectivity index (χ1n) is 5.97. The van der Waals surface area contributed by atoms with Crippen molar-refractivity contribution < 1.29 is 14.3 Å². The van der Waals surface area contributed by atoms with Gasteiger partial charge in [0, 0.05) is 31.9 Å². The normalized spacial score (nSPS) is 10.2. The van der Waals surface area contributed by atoms with Crippen LogP contribution in [0, 0.1) is 0 Å². The largest absolute Gasteiger partial charge is 0.497 e. The number of aryl methyl sites for hydroxylation is 1. The van der Waals surface area contributed by atoms with E-state index in [-0.39, 0.29) is 0 Å². The van der Waals surface area contributed by atoms with E-state index >= 15 is 0 Å². The molecule has 0 atom stereocenters. The molecule has 2 rings (SSSR count). The van der Waals surface area contributed by atoms with E-state index in [2.05, 4.69) is 4.98 Å². The summed E-state index contributed by atoms with van der Waals surface area (Å²) < 4.78 is 12.7. The zero-order valence-corrected chi connectivity index (χ0v) is 11.0. The van der Waals surface area contributed by atoms with E-state index in [9.17, 15) is 4.79 Å². The highest BCUT2D eigenvalue weighted by Crippen LogP contribution is 2.23. The van der Waals surface area contributed by atoms with Crippen molar-refractivity contribution in [3.63, 3.8) is 0 Å². The van der Waals surface area contributed by atoms with Crippen LogP contribution in [0.15, 0.2) is 30.6 Å². The minimum absolute atomic E-state index is 0.457. The van der Waals surface area contributed by atoms with E-state index in [1.165, 1.54) is 0 Å². The maximum atomic E-state index is 10.9. The molecule has 0 unspecified atom stereocenters. The number of aldehydes is 1. The molecule has 1 aromatic heterocycles. The lowest BCUT2D eigenvalue weighted by Crippen LogP contribution is -2.07. The smallest absolute Gasteiger partial charge is 0.153 e. The van der Waals surface area contributed by atoms with E-state index in [1.54, 1.807) is 31.5 Å². The number of hydrogen-bond acceptors (Lipinski definition) is 4. The predicted molar refractivity (Wildman–Crippen MR) is 70.8 cm³/mol. The van der Waals surface area contributed by atoms with Crippen LogP contribution >= 0.6 is 0 Å². The minimum Gasteiger partial charge on any atom is -0.497 e. The molecular weight excluding hydrogens is 244 g/mol. The number of rotatable bonds is 6. The van der Waals surface area contributed by atoms with E-state index in [0.29, 0.717) is 30.1 Å². The van der Waals surface area contributed by atoms with Crippen LogP contribution in [0.3, 0.4) is 0 Å². The highest BCUT2D eigenvalue weighted by Gasteiger charge is 2.06. The Balaban J connectivity index is 2.02. The molecule has 0 bridgehead atoms. The molecule has 0 aliphatic carbocycles. The van der Waals surface area contributed by atoms with Gasteiger partial charge in [0.15, 0.2) is 6.29 Å². The zero-order chi connectivity index (χ0) is 13.7. The molecule has 1 heterocycles. The van der Waals surface area contributed by atoms with Crippen LogP contribution in [-0.4, -0.2) is 29.6 Å². The first-order valence-corrected chi connectivity index (χ1v) is 5.97. The average molecular weight is 260 g/mol. The van der Waals surface area contributed by atoms with Crippen LogP contribution in [0.5, 0.6) is 11.5 Å². The molecule has 0 saturated carbocycles. The molecule has 1 aromatic carbocycles. The monoisotopic (exact) mass is 260 g/mol. The quantitative estimate of drug-likeness (QED) is 0.744. The van der Waals surface area contributed by atoms with Gasteiger partial charge < -0.3 is 14.0 Å². The first kappa shape index (κ1) is 13.1. The summed E-state index contributed by atoms with van der Waals surface area (Å²) in [5.41, 5.74) is 0.514. The SMILES string of the molecule is COc1ccc(C=O)c(OCCc2nccn2C)c1. The lowest BCUT2D eigenvalue weighted by molar-refractivity contribution is 0.111. The van der Waals surface area contributed by atoms with Crippen LogP contribution in [0.2, 0.25) is 0 Å². The maximum absolute atomic E-state index is 10.9. The molecule has 5 nitrogen and oxygen atoms in total. The van der Waals surface area contributed by atoms with Crippen LogP contribution in [0.1, 0.15) is 16.2 Å². The fourth-order valence-electron chi connectivity index (χ4n) is 1.75. The number of imidazole rings is 1. The number of ether oxygens (including phenoxy) is 2. The number of methoxy groups -OCH3 is 1. The lowest BCUT2D eigenvalue weighted by Gasteiger charge is -2.10. The summed E-state index contributed by atoms with van der Waals surface area (Å²) in [6.07, 6.45) is 5.09. The molecule has 2 aromatic rings. The Morgan fingerprint density at radius 3 is 2.89 bits per heavy atom. The summed E-state index contributed by atoms with van der Waals surface area (Å²) in [5.74, 6) is 2.14. The van der Waals surface area contributed by atoms with Gasteiger partial charge >= 0.3 is 0 Å². The molecule has 5 heteroatoms. The Labute approximate surface area is 111 Å². The molecule has 0 radical (unpaired) electrons. The van der Waals surface area contributed by atoms with Crippen molar-refractivity contribution in [2.75, 3.05) is 13.7 Å². The highest BCUT2D eigenvalue weighted by atomic mass is 16.5. The summed E-state index contributed by atoms with van der Waals surface area (Å²) >= 11 is 0. The van der Waals surface area contributed by atoms with Crippen LogP contribution in [0.4, 0.5) is 0 Å². The van der Waals surface area contributed by atoms with Crippen molar-refractivity contribution >= 4 is 6.29 Å². The highest BCUT2D eigenvalue weighted by molar-refractivity contribution is 5.79. The Hall–Kier alpha value is -2.30. The van der Waals surface area contributed by atoms with Gasteiger partial charge in [-0.15, -0.1) is 0 Å². The van der Waals surface area contributed by atoms with Gasteiger partial charge in [-0.05, 0) is 12.1 Å². The third-order valence-corrected chi connectivity index (χ3v) is 2.85. The average Bonchev–Trinajstić information content (AvgIpc) is 2.84. The molecule has 100 valence electrons. The van der Waals surface area contributed by atoms with Crippen LogP contribution in [-0.2, 0) is 13.5 Å². The second kappa shape index (κ2) is 6.04. The fourth-order valence-corrected chi connectivity index (χ4v) is 1.75. The van der Waals surface area contributed by atoms with Gasteiger partial charge in [0.1, 0.15) is 17.3 Å². The van der Waals surface area contributed by atoms with Crippen molar-refractivity contribution in [3.8, 4) is 11.5 Å². The Bertz CT molecular complexity index is 564. The fraction of sp³-hybridized carbons (Fsp3) is 0.286. The Morgan fingerprint density at radius 2 is 2.26 bits per heavy atom. The summed E-state index contributed by atoms with van der Waals surface area (Å²) in [5, 5.41) is 0. The number of benzene rings is 1. The Morgan fingerprint density at radius 1 is 1.42 bits per heavy atom. The third-order valence-electron chi connectivity index (χ3n) is 2.85. The van der Waals surface area contributed by atoms with E-state index < -0.39 is 0 Å². The van der Waals surface area contributed by atoms with Gasteiger partial charge in [-0.1, -0.05) is 0 Å². The van der Waals surface area contributed by atoms with Crippen molar-refractivity contribution in [1.29, 1.82) is 0 Å². The zero-order valence-electron chi connectivity index (χ0n) is 11.0. The second-order valence-electron chi connectivity index (χ2n) is 4.07. The molecule has 19 heavy (non-hydrogen) atoms. The topological polar surface area (TPSA) is 53.4 Å². The molecule has 0 spiro atoms. The van der Waals surface area contributed by atoms with Gasteiger partial charge in [-0.25, -0.2) is 4.98 Å². The molecular formula is C14H16N2O3. The molecule has 0 fully saturated rings. The number of hydrogen-bond donors (Lipinski definition) is 0. The first-order chi connectivity index (χ1) is 9.24. The summed E-state index contributed by atoms with van der Waals surface area (Å²) in [6, 6.07) is 5.12. The number of carbonyl (C=O) groups is 1.